The van der Waals surface area contributed by atoms with Crippen molar-refractivity contribution in [2.75, 3.05) is 5.32 Å². The summed E-state index contributed by atoms with van der Waals surface area (Å²) < 4.78 is 13.0. The highest BCUT2D eigenvalue weighted by Crippen LogP contribution is 2.28. The molecule has 0 aliphatic rings. The third-order valence-electron chi connectivity index (χ3n) is 2.60. The minimum atomic E-state index is -0.533. The van der Waals surface area contributed by atoms with Gasteiger partial charge < -0.3 is 5.32 Å². The van der Waals surface area contributed by atoms with E-state index in [0.29, 0.717) is 5.69 Å². The third kappa shape index (κ3) is 3.38. The van der Waals surface area contributed by atoms with E-state index in [1.54, 1.807) is 6.07 Å². The van der Waals surface area contributed by atoms with Gasteiger partial charge in [-0.2, -0.15) is 0 Å². The summed E-state index contributed by atoms with van der Waals surface area (Å²) in [5.74, 6) is -0.914. The summed E-state index contributed by atoms with van der Waals surface area (Å²) in [7, 11) is 0. The third-order valence-corrected chi connectivity index (χ3v) is 3.10. The number of para-hydroxylation sites is 1. The second kappa shape index (κ2) is 5.93. The lowest BCUT2D eigenvalue weighted by Gasteiger charge is -2.12. The average molecular weight is 323 g/mol. The number of hydrogen-bond acceptors (Lipinski definition) is 2. The molecule has 1 atom stereocenters. The van der Waals surface area contributed by atoms with Gasteiger partial charge in [-0.05, 0) is 24.6 Å². The van der Waals surface area contributed by atoms with Crippen LogP contribution in [-0.4, -0.2) is 10.9 Å². The number of nitrogens with zero attached hydrogens (tertiary/aromatic N) is 1. The summed E-state index contributed by atoms with van der Waals surface area (Å²) in [6.07, 6.45) is 2.39. The Morgan fingerprint density at radius 2 is 2.11 bits per heavy atom. The number of carbonyl (C=O) groups excluding carboxylic acids is 1. The first-order valence-electron chi connectivity index (χ1n) is 5.73. The molecule has 0 aliphatic carbocycles. The van der Waals surface area contributed by atoms with Crippen molar-refractivity contribution < 1.29 is 9.18 Å². The summed E-state index contributed by atoms with van der Waals surface area (Å²) >= 11 is 3.47. The Balaban J connectivity index is 2.24. The van der Waals surface area contributed by atoms with E-state index in [9.17, 15) is 9.18 Å². The van der Waals surface area contributed by atoms with Crippen molar-refractivity contribution in [3.8, 4) is 0 Å². The van der Waals surface area contributed by atoms with E-state index in [-0.39, 0.29) is 16.3 Å². The number of nitrogens with one attached hydrogen (secondary N) is 1. The largest absolute Gasteiger partial charge is 0.322 e. The number of rotatable bonds is 3. The van der Waals surface area contributed by atoms with Gasteiger partial charge in [-0.25, -0.2) is 4.39 Å². The van der Waals surface area contributed by atoms with E-state index in [0.717, 1.165) is 17.8 Å². The van der Waals surface area contributed by atoms with Gasteiger partial charge in [0.25, 0.3) is 5.91 Å². The Morgan fingerprint density at radius 1 is 1.37 bits per heavy atom. The Kier molecular flexibility index (Phi) is 4.27. The fraction of sp³-hybridized carbons (Fsp3) is 0.143. The molecule has 2 aromatic rings. The highest BCUT2D eigenvalue weighted by Gasteiger charge is 2.12. The predicted octanol–water partition coefficient (Wildman–Crippen LogP) is 3.93. The molecule has 3 nitrogen and oxygen atoms in total. The SMILES string of the molecule is CC(Br)c1ccccc1NC(=O)c1cncc(F)c1. The van der Waals surface area contributed by atoms with E-state index in [4.69, 9.17) is 0 Å². The van der Waals surface area contributed by atoms with Crippen LogP contribution < -0.4 is 5.32 Å². The number of benzene rings is 1. The molecule has 1 aromatic heterocycles. The average Bonchev–Trinajstić information content (AvgIpc) is 2.39. The maximum Gasteiger partial charge on any atom is 0.257 e. The molecular formula is C14H12BrFN2O. The van der Waals surface area contributed by atoms with Crippen molar-refractivity contribution in [3.63, 3.8) is 0 Å². The number of anilines is 1. The highest BCUT2D eigenvalue weighted by molar-refractivity contribution is 9.09. The van der Waals surface area contributed by atoms with Crippen LogP contribution >= 0.6 is 15.9 Å². The number of amides is 1. The molecule has 19 heavy (non-hydrogen) atoms. The monoisotopic (exact) mass is 322 g/mol. The van der Waals surface area contributed by atoms with Crippen LogP contribution in [0.3, 0.4) is 0 Å². The van der Waals surface area contributed by atoms with Gasteiger partial charge in [-0.15, -0.1) is 0 Å². The van der Waals surface area contributed by atoms with E-state index >= 15 is 0 Å². The molecule has 0 saturated heterocycles. The van der Waals surface area contributed by atoms with E-state index < -0.39 is 5.82 Å². The van der Waals surface area contributed by atoms with Crippen LogP contribution in [0.25, 0.3) is 0 Å². The predicted molar refractivity (Wildman–Crippen MR) is 75.9 cm³/mol. The van der Waals surface area contributed by atoms with Gasteiger partial charge in [-0.3, -0.25) is 9.78 Å². The zero-order chi connectivity index (χ0) is 13.8. The van der Waals surface area contributed by atoms with Gasteiger partial charge in [0.2, 0.25) is 0 Å². The molecule has 0 aliphatic heterocycles. The van der Waals surface area contributed by atoms with Crippen LogP contribution in [0.15, 0.2) is 42.7 Å². The van der Waals surface area contributed by atoms with Crippen LogP contribution in [0.4, 0.5) is 10.1 Å². The molecule has 1 unspecified atom stereocenters. The molecule has 0 spiro atoms. The smallest absolute Gasteiger partial charge is 0.257 e. The van der Waals surface area contributed by atoms with Gasteiger partial charge >= 0.3 is 0 Å². The zero-order valence-corrected chi connectivity index (χ0v) is 11.8. The molecule has 0 saturated carbocycles. The molecule has 1 heterocycles. The molecular weight excluding hydrogens is 311 g/mol. The molecule has 0 radical (unpaired) electrons. The van der Waals surface area contributed by atoms with Crippen molar-refractivity contribution in [1.82, 2.24) is 4.98 Å². The van der Waals surface area contributed by atoms with Gasteiger partial charge in [0.05, 0.1) is 11.8 Å². The number of pyridine rings is 1. The fourth-order valence-corrected chi connectivity index (χ4v) is 2.09. The minimum absolute atomic E-state index is 0.106. The maximum atomic E-state index is 13.0. The first-order valence-corrected chi connectivity index (χ1v) is 6.64. The summed E-state index contributed by atoms with van der Waals surface area (Å²) in [6, 6.07) is 8.60. The molecule has 1 N–H and O–H groups in total. The molecule has 0 fully saturated rings. The number of aromatic nitrogens is 1. The van der Waals surface area contributed by atoms with Gasteiger partial charge in [0.15, 0.2) is 0 Å². The van der Waals surface area contributed by atoms with Crippen molar-refractivity contribution in [1.29, 1.82) is 0 Å². The minimum Gasteiger partial charge on any atom is -0.322 e. The van der Waals surface area contributed by atoms with Crippen LogP contribution in [0.1, 0.15) is 27.7 Å². The number of halogens is 2. The standard InChI is InChI=1S/C14H12BrFN2O/c1-9(15)12-4-2-3-5-13(12)18-14(19)10-6-11(16)8-17-7-10/h2-9H,1H3,(H,18,19). The van der Waals surface area contributed by atoms with Gasteiger partial charge in [0.1, 0.15) is 5.82 Å². The number of carbonyl (C=O) groups is 1. The number of hydrogen-bond donors (Lipinski definition) is 1. The highest BCUT2D eigenvalue weighted by atomic mass is 79.9. The molecule has 1 amide bonds. The van der Waals surface area contributed by atoms with Crippen molar-refractivity contribution in [3.05, 3.63) is 59.7 Å². The first-order chi connectivity index (χ1) is 9.08. The zero-order valence-electron chi connectivity index (χ0n) is 10.2. The van der Waals surface area contributed by atoms with Gasteiger partial charge in [0, 0.05) is 16.7 Å². The van der Waals surface area contributed by atoms with E-state index in [2.05, 4.69) is 26.2 Å². The van der Waals surface area contributed by atoms with Crippen molar-refractivity contribution in [2.24, 2.45) is 0 Å². The normalized spacial score (nSPS) is 11.9. The maximum absolute atomic E-state index is 13.0. The van der Waals surface area contributed by atoms with Crippen LogP contribution in [-0.2, 0) is 0 Å². The summed E-state index contributed by atoms with van der Waals surface area (Å²) in [6.45, 7) is 1.97. The van der Waals surface area contributed by atoms with Crippen molar-refractivity contribution in [2.45, 2.75) is 11.8 Å². The van der Waals surface area contributed by atoms with E-state index in [1.807, 2.05) is 25.1 Å². The summed E-state index contributed by atoms with van der Waals surface area (Å²) in [4.78, 5) is 15.8. The molecule has 1 aromatic carbocycles. The van der Waals surface area contributed by atoms with Crippen LogP contribution in [0, 0.1) is 5.82 Å². The molecule has 5 heteroatoms. The lowest BCUT2D eigenvalue weighted by atomic mass is 10.1. The Hall–Kier alpha value is -1.75. The topological polar surface area (TPSA) is 42.0 Å². The Labute approximate surface area is 119 Å². The Morgan fingerprint density at radius 3 is 2.79 bits per heavy atom. The summed E-state index contributed by atoms with van der Waals surface area (Å²) in [5.41, 5.74) is 1.85. The second-order valence-electron chi connectivity index (χ2n) is 4.05. The first kappa shape index (κ1) is 13.7. The number of alkyl halides is 1. The van der Waals surface area contributed by atoms with Crippen molar-refractivity contribution >= 4 is 27.5 Å². The lowest BCUT2D eigenvalue weighted by Crippen LogP contribution is -2.14. The molecule has 0 bridgehead atoms. The summed E-state index contributed by atoms with van der Waals surface area (Å²) in [5, 5.41) is 2.76. The fourth-order valence-electron chi connectivity index (χ4n) is 1.69. The van der Waals surface area contributed by atoms with Gasteiger partial charge in [-0.1, -0.05) is 34.1 Å². The van der Waals surface area contributed by atoms with Crippen LogP contribution in [0.5, 0.6) is 0 Å². The molecule has 98 valence electrons. The van der Waals surface area contributed by atoms with Crippen LogP contribution in [0.2, 0.25) is 0 Å². The quantitative estimate of drug-likeness (QED) is 0.870. The van der Waals surface area contributed by atoms with E-state index in [1.165, 1.54) is 6.20 Å². The molecule has 2 rings (SSSR count). The lowest BCUT2D eigenvalue weighted by molar-refractivity contribution is 0.102. The Bertz CT molecular complexity index is 602. The second-order valence-corrected chi connectivity index (χ2v) is 5.42.